The number of rotatable bonds is 11. The van der Waals surface area contributed by atoms with Gasteiger partial charge in [0.15, 0.2) is 0 Å². The zero-order chi connectivity index (χ0) is 25.9. The number of ether oxygens (including phenoxy) is 2. The molecule has 0 unspecified atom stereocenters. The molecule has 14 heteroatoms. The first-order valence-electron chi connectivity index (χ1n) is 9.88. The highest BCUT2D eigenvalue weighted by atomic mass is 32.2. The highest BCUT2D eigenvalue weighted by Crippen LogP contribution is 2.18. The molecule has 0 atom stereocenters. The van der Waals surface area contributed by atoms with Crippen LogP contribution in [0.1, 0.15) is 0 Å². The molecule has 0 heterocycles. The summed E-state index contributed by atoms with van der Waals surface area (Å²) >= 11 is 0. The Balaban J connectivity index is 0.000000342. The number of benzene rings is 2. The van der Waals surface area contributed by atoms with Crippen molar-refractivity contribution in [3.05, 3.63) is 58.6 Å². The molecule has 2 aromatic carbocycles. The minimum atomic E-state index is -3.62. The summed E-state index contributed by atoms with van der Waals surface area (Å²) in [4.78, 5) is 10.1. The molecule has 2 aromatic rings. The Bertz CT molecular complexity index is 1120. The molecule has 0 amide bonds. The maximum absolute atomic E-state index is 12.0. The van der Waals surface area contributed by atoms with Gasteiger partial charge >= 0.3 is 0 Å². The predicted molar refractivity (Wildman–Crippen MR) is 127 cm³/mol. The molecule has 0 saturated heterocycles. The lowest BCUT2D eigenvalue weighted by Crippen LogP contribution is -2.30. The summed E-state index contributed by atoms with van der Waals surface area (Å²) in [6, 6.07) is 10.9. The number of sulfonamides is 2. The molecule has 0 aliphatic rings. The normalized spacial score (nSPS) is 11.8. The van der Waals surface area contributed by atoms with Crippen LogP contribution in [0.25, 0.3) is 0 Å². The third kappa shape index (κ3) is 8.30. The maximum Gasteiger partial charge on any atom is 0.269 e. The number of likely N-dealkylation sites (N-methyl/N-ethyl adjacent to an activating group) is 2. The van der Waals surface area contributed by atoms with Crippen LogP contribution in [-0.2, 0) is 29.5 Å². The van der Waals surface area contributed by atoms with E-state index in [-0.39, 0.29) is 28.6 Å². The number of non-ortho nitro benzene ring substituents is 1. The van der Waals surface area contributed by atoms with Crippen molar-refractivity contribution < 1.29 is 31.2 Å². The minimum Gasteiger partial charge on any atom is -0.399 e. The van der Waals surface area contributed by atoms with Crippen molar-refractivity contribution >= 4 is 31.4 Å². The Kier molecular flexibility index (Phi) is 11.5. The third-order valence-electron chi connectivity index (χ3n) is 4.56. The van der Waals surface area contributed by atoms with Crippen LogP contribution >= 0.6 is 0 Å². The van der Waals surface area contributed by atoms with E-state index >= 15 is 0 Å². The van der Waals surface area contributed by atoms with Gasteiger partial charge in [0.1, 0.15) is 0 Å². The quantitative estimate of drug-likeness (QED) is 0.263. The van der Waals surface area contributed by atoms with Gasteiger partial charge in [-0.15, -0.1) is 0 Å². The van der Waals surface area contributed by atoms with Crippen LogP contribution in [-0.4, -0.2) is 85.0 Å². The van der Waals surface area contributed by atoms with Crippen LogP contribution in [0, 0.1) is 10.1 Å². The molecule has 0 aliphatic heterocycles. The van der Waals surface area contributed by atoms with Gasteiger partial charge in [0.2, 0.25) is 20.0 Å². The van der Waals surface area contributed by atoms with E-state index in [9.17, 15) is 26.9 Å². The number of methoxy groups -OCH3 is 2. The van der Waals surface area contributed by atoms with Crippen molar-refractivity contribution in [3.63, 3.8) is 0 Å². The Morgan fingerprint density at radius 3 is 1.47 bits per heavy atom. The molecule has 0 aliphatic carbocycles. The second kappa shape index (κ2) is 13.3. The average Bonchev–Trinajstić information content (AvgIpc) is 2.81. The second-order valence-corrected chi connectivity index (χ2v) is 11.0. The summed E-state index contributed by atoms with van der Waals surface area (Å²) in [7, 11) is -1.10. The van der Waals surface area contributed by atoms with Gasteiger partial charge in [-0.2, -0.15) is 8.61 Å². The number of nitro benzene ring substituents is 1. The molecule has 0 fully saturated rings. The van der Waals surface area contributed by atoms with E-state index in [2.05, 4.69) is 0 Å². The number of nitrogen functional groups attached to an aromatic ring is 1. The van der Waals surface area contributed by atoms with E-state index < -0.39 is 25.0 Å². The van der Waals surface area contributed by atoms with Crippen molar-refractivity contribution in [2.24, 2.45) is 0 Å². The first-order valence-corrected chi connectivity index (χ1v) is 12.8. The van der Waals surface area contributed by atoms with Gasteiger partial charge in [0.05, 0.1) is 27.9 Å². The number of hydrogen-bond donors (Lipinski definition) is 1. The van der Waals surface area contributed by atoms with E-state index in [1.165, 1.54) is 56.9 Å². The van der Waals surface area contributed by atoms with Crippen LogP contribution in [0.4, 0.5) is 11.4 Å². The molecular formula is C20H30N4O8S2. The van der Waals surface area contributed by atoms with E-state index in [4.69, 9.17) is 15.2 Å². The van der Waals surface area contributed by atoms with Crippen LogP contribution in [0.2, 0.25) is 0 Å². The van der Waals surface area contributed by atoms with Gasteiger partial charge in [0.25, 0.3) is 5.69 Å². The average molecular weight is 519 g/mol. The minimum absolute atomic E-state index is 0.0201. The molecule has 2 rings (SSSR count). The van der Waals surface area contributed by atoms with Crippen molar-refractivity contribution in [2.45, 2.75) is 9.79 Å². The predicted octanol–water partition coefficient (Wildman–Crippen LogP) is 1.40. The first kappa shape index (κ1) is 29.4. The Labute approximate surface area is 200 Å². The first-order chi connectivity index (χ1) is 15.9. The van der Waals surface area contributed by atoms with Crippen molar-refractivity contribution in [3.8, 4) is 0 Å². The summed E-state index contributed by atoms with van der Waals surface area (Å²) in [6.07, 6.45) is 0. The van der Waals surface area contributed by atoms with Gasteiger partial charge in [-0.25, -0.2) is 16.8 Å². The number of nitrogens with two attached hydrogens (primary N) is 1. The summed E-state index contributed by atoms with van der Waals surface area (Å²) in [5.41, 5.74) is 5.89. The van der Waals surface area contributed by atoms with Gasteiger partial charge < -0.3 is 15.2 Å². The standard InChI is InChI=1S/C10H14N2O5S.C10H16N2O3S/c1-11(7-8-17-2)18(15,16)10-5-3-9(4-6-10)12(13)14;1-12(7-8-15-2)16(13,14)10-5-3-9(11)4-6-10/h3-6H,7-8H2,1-2H3;3-6H,7-8,11H2,1-2H3. The van der Waals surface area contributed by atoms with Crippen molar-refractivity contribution in [1.29, 1.82) is 0 Å². The lowest BCUT2D eigenvalue weighted by atomic mass is 10.3. The van der Waals surface area contributed by atoms with Crippen molar-refractivity contribution in [1.82, 2.24) is 8.61 Å². The highest BCUT2D eigenvalue weighted by molar-refractivity contribution is 7.89. The molecule has 12 nitrogen and oxygen atoms in total. The fourth-order valence-electron chi connectivity index (χ4n) is 2.42. The van der Waals surface area contributed by atoms with Crippen LogP contribution in [0.5, 0.6) is 0 Å². The van der Waals surface area contributed by atoms with E-state index in [1.807, 2.05) is 0 Å². The van der Waals surface area contributed by atoms with Crippen LogP contribution in [0.3, 0.4) is 0 Å². The van der Waals surface area contributed by atoms with Gasteiger partial charge in [-0.1, -0.05) is 0 Å². The monoisotopic (exact) mass is 518 g/mol. The topological polar surface area (TPSA) is 162 Å². The molecule has 0 aromatic heterocycles. The van der Waals surface area contributed by atoms with E-state index in [0.717, 1.165) is 16.4 Å². The third-order valence-corrected chi connectivity index (χ3v) is 8.31. The fraction of sp³-hybridized carbons (Fsp3) is 0.400. The summed E-state index contributed by atoms with van der Waals surface area (Å²) < 4.78 is 60.0. The van der Waals surface area contributed by atoms with E-state index in [0.29, 0.717) is 18.8 Å². The largest absolute Gasteiger partial charge is 0.399 e. The van der Waals surface area contributed by atoms with Crippen LogP contribution < -0.4 is 5.73 Å². The lowest BCUT2D eigenvalue weighted by Gasteiger charge is -2.16. The van der Waals surface area contributed by atoms with Gasteiger partial charge in [-0.3, -0.25) is 10.1 Å². The summed E-state index contributed by atoms with van der Waals surface area (Å²) in [5.74, 6) is 0. The molecule has 0 bridgehead atoms. The summed E-state index contributed by atoms with van der Waals surface area (Å²) in [6.45, 7) is 1.19. The zero-order valence-electron chi connectivity index (χ0n) is 19.4. The Morgan fingerprint density at radius 2 is 1.15 bits per heavy atom. The Morgan fingerprint density at radius 1 is 0.794 bits per heavy atom. The number of nitro groups is 1. The molecule has 0 saturated carbocycles. The molecule has 2 N–H and O–H groups in total. The SMILES string of the molecule is COCCN(C)S(=O)(=O)c1ccc(N)cc1.COCCN(C)S(=O)(=O)c1ccc([N+](=O)[O-])cc1. The number of hydrogen-bond acceptors (Lipinski definition) is 9. The highest BCUT2D eigenvalue weighted by Gasteiger charge is 2.21. The molecule has 0 spiro atoms. The van der Waals surface area contributed by atoms with Crippen molar-refractivity contribution in [2.75, 3.05) is 60.4 Å². The fourth-order valence-corrected chi connectivity index (χ4v) is 4.73. The Hall–Kier alpha value is -2.62. The molecule has 34 heavy (non-hydrogen) atoms. The zero-order valence-corrected chi connectivity index (χ0v) is 21.1. The smallest absolute Gasteiger partial charge is 0.269 e. The maximum atomic E-state index is 12.0. The molecular weight excluding hydrogens is 488 g/mol. The van der Waals surface area contributed by atoms with Gasteiger partial charge in [-0.05, 0) is 36.4 Å². The molecule has 190 valence electrons. The van der Waals surface area contributed by atoms with E-state index in [1.54, 1.807) is 12.1 Å². The van der Waals surface area contributed by atoms with Gasteiger partial charge in [0, 0.05) is 59.2 Å². The number of nitrogens with zero attached hydrogens (tertiary/aromatic N) is 3. The van der Waals surface area contributed by atoms with Crippen LogP contribution in [0.15, 0.2) is 58.3 Å². The number of anilines is 1. The second-order valence-electron chi connectivity index (χ2n) is 6.96. The summed E-state index contributed by atoms with van der Waals surface area (Å²) in [5, 5.41) is 10.5. The molecule has 0 radical (unpaired) electrons. The lowest BCUT2D eigenvalue weighted by molar-refractivity contribution is -0.384.